The Labute approximate surface area is 54.6 Å². The molecule has 0 aromatic heterocycles. The lowest BCUT2D eigenvalue weighted by atomic mass is 10.4. The molecular weight excluding hydrogens is 118 g/mol. The van der Waals surface area contributed by atoms with Gasteiger partial charge in [0.15, 0.2) is 5.78 Å². The van der Waals surface area contributed by atoms with Crippen LogP contribution in [0.25, 0.3) is 0 Å². The molecule has 0 rings (SSSR count). The predicted molar refractivity (Wildman–Crippen MR) is 34.7 cm³/mol. The third-order valence-electron chi connectivity index (χ3n) is 0.787. The lowest BCUT2D eigenvalue weighted by Crippen LogP contribution is -2.11. The summed E-state index contributed by atoms with van der Waals surface area (Å²) in [6.07, 6.45) is 2.93. The van der Waals surface area contributed by atoms with Crippen LogP contribution in [0.5, 0.6) is 0 Å². The van der Waals surface area contributed by atoms with E-state index in [1.165, 1.54) is 24.1 Å². The van der Waals surface area contributed by atoms with E-state index in [4.69, 9.17) is 5.11 Å². The van der Waals surface area contributed by atoms with Crippen LogP contribution >= 0.6 is 0 Å². The van der Waals surface area contributed by atoms with Gasteiger partial charge in [0, 0.05) is 13.2 Å². The second kappa shape index (κ2) is 4.09. The van der Waals surface area contributed by atoms with Crippen molar-refractivity contribution in [3.63, 3.8) is 0 Å². The molecule has 0 atom stereocenters. The van der Waals surface area contributed by atoms with Crippen LogP contribution in [0.4, 0.5) is 0 Å². The van der Waals surface area contributed by atoms with E-state index in [-0.39, 0.29) is 12.5 Å². The summed E-state index contributed by atoms with van der Waals surface area (Å²) in [5, 5.41) is 8.41. The highest BCUT2D eigenvalue weighted by Crippen LogP contribution is 1.80. The predicted octanol–water partition coefficient (Wildman–Crippen LogP) is -0.0293. The van der Waals surface area contributed by atoms with E-state index in [9.17, 15) is 4.79 Å². The number of nitrogens with zero attached hydrogens (tertiary/aromatic N) is 1. The topological polar surface area (TPSA) is 40.5 Å². The van der Waals surface area contributed by atoms with Gasteiger partial charge in [0.25, 0.3) is 0 Å². The van der Waals surface area contributed by atoms with Gasteiger partial charge >= 0.3 is 0 Å². The van der Waals surface area contributed by atoms with Crippen LogP contribution in [0, 0.1) is 0 Å². The van der Waals surface area contributed by atoms with E-state index in [2.05, 4.69) is 0 Å². The van der Waals surface area contributed by atoms with Crippen LogP contribution in [0.15, 0.2) is 12.3 Å². The smallest absolute Gasteiger partial charge is 0.154 e. The van der Waals surface area contributed by atoms with Gasteiger partial charge in [-0.05, 0) is 13.0 Å². The summed E-state index contributed by atoms with van der Waals surface area (Å²) >= 11 is 0. The van der Waals surface area contributed by atoms with Crippen molar-refractivity contribution in [2.75, 3.05) is 13.8 Å². The molecule has 0 bridgehead atoms. The van der Waals surface area contributed by atoms with Crippen LogP contribution in [0.3, 0.4) is 0 Å². The van der Waals surface area contributed by atoms with Gasteiger partial charge in [0.2, 0.25) is 0 Å². The Bertz CT molecular complexity index is 120. The van der Waals surface area contributed by atoms with Crippen molar-refractivity contribution >= 4 is 5.78 Å². The van der Waals surface area contributed by atoms with Gasteiger partial charge in [-0.15, -0.1) is 0 Å². The minimum atomic E-state index is -0.0657. The fraction of sp³-hybridized carbons (Fsp3) is 0.500. The molecule has 0 aliphatic carbocycles. The van der Waals surface area contributed by atoms with Gasteiger partial charge in [0.05, 0.1) is 0 Å². The number of allylic oxidation sites excluding steroid dienone is 1. The molecule has 0 unspecified atom stereocenters. The number of carbonyl (C=O) groups is 1. The molecule has 0 spiro atoms. The monoisotopic (exact) mass is 129 g/mol. The maximum Gasteiger partial charge on any atom is 0.154 e. The maximum atomic E-state index is 10.3. The molecule has 0 radical (unpaired) electrons. The lowest BCUT2D eigenvalue weighted by Gasteiger charge is -2.06. The molecule has 0 amide bonds. The Hall–Kier alpha value is -0.830. The van der Waals surface area contributed by atoms with Gasteiger partial charge < -0.3 is 10.0 Å². The second-order valence-electron chi connectivity index (χ2n) is 1.82. The Morgan fingerprint density at radius 1 is 1.78 bits per heavy atom. The van der Waals surface area contributed by atoms with Gasteiger partial charge in [-0.1, -0.05) is 0 Å². The molecule has 9 heavy (non-hydrogen) atoms. The quantitative estimate of drug-likeness (QED) is 0.429. The Balaban J connectivity index is 3.56. The average Bonchev–Trinajstić information content (AvgIpc) is 1.83. The Morgan fingerprint density at radius 3 is 2.67 bits per heavy atom. The summed E-state index contributed by atoms with van der Waals surface area (Å²) in [4.78, 5) is 11.8. The maximum absolute atomic E-state index is 10.3. The standard InChI is InChI=1S/C6H11NO2/c1-6(9)3-4-7(2)5-8/h3-4,8H,5H2,1-2H3. The molecule has 0 aromatic rings. The van der Waals surface area contributed by atoms with Gasteiger partial charge in [-0.3, -0.25) is 4.79 Å². The zero-order valence-corrected chi connectivity index (χ0v) is 5.66. The normalized spacial score (nSPS) is 10.1. The van der Waals surface area contributed by atoms with Crippen LogP contribution in [0.2, 0.25) is 0 Å². The highest BCUT2D eigenvalue weighted by molar-refractivity contribution is 5.87. The van der Waals surface area contributed by atoms with Crippen LogP contribution < -0.4 is 0 Å². The molecule has 0 heterocycles. The summed E-state index contributed by atoms with van der Waals surface area (Å²) < 4.78 is 0. The third kappa shape index (κ3) is 5.03. The summed E-state index contributed by atoms with van der Waals surface area (Å²) in [7, 11) is 1.68. The fourth-order valence-corrected chi connectivity index (χ4v) is 0.279. The number of aliphatic hydroxyl groups excluding tert-OH is 1. The van der Waals surface area contributed by atoms with Crippen molar-refractivity contribution in [1.29, 1.82) is 0 Å². The molecule has 3 nitrogen and oxygen atoms in total. The van der Waals surface area contributed by atoms with E-state index in [0.29, 0.717) is 0 Å². The van der Waals surface area contributed by atoms with E-state index >= 15 is 0 Å². The fourth-order valence-electron chi connectivity index (χ4n) is 0.279. The molecule has 0 aromatic carbocycles. The first kappa shape index (κ1) is 8.17. The Morgan fingerprint density at radius 2 is 2.33 bits per heavy atom. The van der Waals surface area contributed by atoms with Crippen LogP contribution in [-0.2, 0) is 4.79 Å². The molecule has 0 saturated heterocycles. The number of hydrogen-bond donors (Lipinski definition) is 1. The zero-order valence-electron chi connectivity index (χ0n) is 5.66. The second-order valence-corrected chi connectivity index (χ2v) is 1.82. The summed E-state index contributed by atoms with van der Waals surface area (Å²) in [6, 6.07) is 0. The van der Waals surface area contributed by atoms with E-state index in [1.54, 1.807) is 7.05 Å². The first-order chi connectivity index (χ1) is 4.16. The number of hydrogen-bond acceptors (Lipinski definition) is 3. The van der Waals surface area contributed by atoms with Crippen molar-refractivity contribution in [1.82, 2.24) is 4.90 Å². The molecule has 0 aliphatic heterocycles. The van der Waals surface area contributed by atoms with Crippen LogP contribution in [-0.4, -0.2) is 29.6 Å². The SMILES string of the molecule is CC(=O)C=CN(C)CO. The molecule has 3 heteroatoms. The first-order valence-corrected chi connectivity index (χ1v) is 2.66. The first-order valence-electron chi connectivity index (χ1n) is 2.66. The van der Waals surface area contributed by atoms with Gasteiger partial charge in [-0.25, -0.2) is 0 Å². The third-order valence-corrected chi connectivity index (χ3v) is 0.787. The van der Waals surface area contributed by atoms with Gasteiger partial charge in [-0.2, -0.15) is 0 Å². The number of ketones is 1. The summed E-state index contributed by atoms with van der Waals surface area (Å²) in [5.41, 5.74) is 0. The zero-order chi connectivity index (χ0) is 7.28. The molecule has 1 N–H and O–H groups in total. The molecule has 0 saturated carbocycles. The molecular formula is C6H11NO2. The van der Waals surface area contributed by atoms with Crippen molar-refractivity contribution < 1.29 is 9.90 Å². The van der Waals surface area contributed by atoms with Crippen molar-refractivity contribution in [3.8, 4) is 0 Å². The van der Waals surface area contributed by atoms with Crippen molar-refractivity contribution in [3.05, 3.63) is 12.3 Å². The molecule has 0 aliphatic rings. The number of aliphatic hydroxyl groups is 1. The average molecular weight is 129 g/mol. The van der Waals surface area contributed by atoms with E-state index in [0.717, 1.165) is 0 Å². The summed E-state index contributed by atoms with van der Waals surface area (Å²) in [6.45, 7) is 1.39. The lowest BCUT2D eigenvalue weighted by molar-refractivity contribution is -0.112. The minimum Gasteiger partial charge on any atom is -0.376 e. The molecule has 52 valence electrons. The van der Waals surface area contributed by atoms with Crippen LogP contribution in [0.1, 0.15) is 6.92 Å². The highest BCUT2D eigenvalue weighted by atomic mass is 16.3. The van der Waals surface area contributed by atoms with E-state index in [1.807, 2.05) is 0 Å². The summed E-state index contributed by atoms with van der Waals surface area (Å²) in [5.74, 6) is -0.0182. The largest absolute Gasteiger partial charge is 0.376 e. The van der Waals surface area contributed by atoms with Gasteiger partial charge in [0.1, 0.15) is 6.73 Å². The highest BCUT2D eigenvalue weighted by Gasteiger charge is 1.84. The number of rotatable bonds is 3. The molecule has 0 fully saturated rings. The minimum absolute atomic E-state index is 0.0182. The Kier molecular flexibility index (Phi) is 3.71. The van der Waals surface area contributed by atoms with Crippen molar-refractivity contribution in [2.45, 2.75) is 6.92 Å². The number of carbonyl (C=O) groups excluding carboxylic acids is 1. The van der Waals surface area contributed by atoms with E-state index < -0.39 is 0 Å². The van der Waals surface area contributed by atoms with Crippen molar-refractivity contribution in [2.24, 2.45) is 0 Å².